The minimum atomic E-state index is -0.437. The first-order valence-electron chi connectivity index (χ1n) is 10.1. The van der Waals surface area contributed by atoms with Gasteiger partial charge < -0.3 is 15.4 Å². The molecule has 33 heavy (non-hydrogen) atoms. The average Bonchev–Trinajstić information content (AvgIpc) is 3.42. The molecule has 0 saturated heterocycles. The van der Waals surface area contributed by atoms with Crippen molar-refractivity contribution in [3.05, 3.63) is 100 Å². The van der Waals surface area contributed by atoms with Crippen LogP contribution >= 0.6 is 23.6 Å². The molecule has 4 aromatic rings. The van der Waals surface area contributed by atoms with E-state index in [4.69, 9.17) is 17.0 Å². The Labute approximate surface area is 200 Å². The Balaban J connectivity index is 1.44. The highest BCUT2D eigenvalue weighted by Gasteiger charge is 2.18. The van der Waals surface area contributed by atoms with Crippen LogP contribution in [0.25, 0.3) is 0 Å². The third-order valence-corrected chi connectivity index (χ3v) is 6.07. The van der Waals surface area contributed by atoms with E-state index in [1.165, 1.54) is 24.5 Å². The molecule has 6 nitrogen and oxygen atoms in total. The number of nitrogens with zero attached hydrogens (tertiary/aromatic N) is 2. The maximum atomic E-state index is 13.9. The van der Waals surface area contributed by atoms with Crippen LogP contribution in [0.15, 0.2) is 73.1 Å². The molecule has 0 bridgehead atoms. The van der Waals surface area contributed by atoms with Gasteiger partial charge in [-0.2, -0.15) is 5.10 Å². The number of esters is 1. The second-order valence-corrected chi connectivity index (χ2v) is 8.75. The van der Waals surface area contributed by atoms with Crippen LogP contribution in [-0.2, 0) is 17.7 Å². The van der Waals surface area contributed by atoms with E-state index in [2.05, 4.69) is 15.7 Å². The van der Waals surface area contributed by atoms with Crippen molar-refractivity contribution in [2.75, 3.05) is 17.7 Å². The molecule has 0 aliphatic heterocycles. The summed E-state index contributed by atoms with van der Waals surface area (Å²) >= 11 is 6.88. The van der Waals surface area contributed by atoms with E-state index in [-0.39, 0.29) is 5.82 Å². The second kappa shape index (κ2) is 10.4. The fourth-order valence-electron chi connectivity index (χ4n) is 3.26. The predicted octanol–water partition coefficient (Wildman–Crippen LogP) is 5.32. The van der Waals surface area contributed by atoms with Gasteiger partial charge in [0.2, 0.25) is 0 Å². The van der Waals surface area contributed by atoms with Crippen LogP contribution < -0.4 is 10.6 Å². The molecule has 2 heterocycles. The lowest BCUT2D eigenvalue weighted by Gasteiger charge is -2.08. The van der Waals surface area contributed by atoms with Crippen LogP contribution in [0.2, 0.25) is 0 Å². The molecule has 0 saturated carbocycles. The number of thiophene rings is 1. The number of aromatic nitrogens is 2. The van der Waals surface area contributed by atoms with Crippen molar-refractivity contribution in [2.45, 2.75) is 13.0 Å². The number of anilines is 2. The van der Waals surface area contributed by atoms with Crippen molar-refractivity contribution in [3.63, 3.8) is 0 Å². The number of hydrogen-bond donors (Lipinski definition) is 2. The van der Waals surface area contributed by atoms with Gasteiger partial charge in [-0.1, -0.05) is 48.5 Å². The zero-order valence-electron chi connectivity index (χ0n) is 17.7. The third-order valence-electron chi connectivity index (χ3n) is 4.82. The molecule has 4 rings (SSSR count). The first kappa shape index (κ1) is 22.6. The summed E-state index contributed by atoms with van der Waals surface area (Å²) in [5.41, 5.74) is 2.75. The molecule has 2 N–H and O–H groups in total. The number of thiocarbonyl (C=S) groups is 1. The topological polar surface area (TPSA) is 68.2 Å². The second-order valence-electron chi connectivity index (χ2n) is 7.21. The van der Waals surface area contributed by atoms with E-state index in [9.17, 15) is 9.18 Å². The number of ether oxygens (including phenoxy) is 1. The SMILES string of the molecule is COC(=O)c1cc(Cc2ccccc2)sc1NC(=S)Nc1cnn(Cc2ccccc2F)c1. The quantitative estimate of drug-likeness (QED) is 0.276. The number of methoxy groups -OCH3 is 1. The van der Waals surface area contributed by atoms with Gasteiger partial charge in [-0.05, 0) is 29.9 Å². The van der Waals surface area contributed by atoms with Crippen molar-refractivity contribution >= 4 is 45.3 Å². The van der Waals surface area contributed by atoms with E-state index in [0.717, 1.165) is 10.4 Å². The van der Waals surface area contributed by atoms with E-state index in [1.807, 2.05) is 36.4 Å². The Morgan fingerprint density at radius 2 is 1.91 bits per heavy atom. The van der Waals surface area contributed by atoms with Gasteiger partial charge in [0.1, 0.15) is 10.8 Å². The maximum Gasteiger partial charge on any atom is 0.340 e. The molecular weight excluding hydrogens is 459 g/mol. The lowest BCUT2D eigenvalue weighted by molar-refractivity contribution is 0.0602. The Bertz CT molecular complexity index is 1270. The molecule has 0 spiro atoms. The predicted molar refractivity (Wildman–Crippen MR) is 132 cm³/mol. The molecule has 168 valence electrons. The summed E-state index contributed by atoms with van der Waals surface area (Å²) in [7, 11) is 1.35. The van der Waals surface area contributed by atoms with Gasteiger partial charge in [0.25, 0.3) is 0 Å². The Morgan fingerprint density at radius 1 is 1.15 bits per heavy atom. The summed E-state index contributed by atoms with van der Waals surface area (Å²) in [6, 6.07) is 18.4. The van der Waals surface area contributed by atoms with E-state index in [0.29, 0.717) is 39.9 Å². The van der Waals surface area contributed by atoms with Crippen LogP contribution in [0.1, 0.15) is 26.4 Å². The van der Waals surface area contributed by atoms with Crippen LogP contribution in [-0.4, -0.2) is 28.0 Å². The molecule has 0 fully saturated rings. The van der Waals surface area contributed by atoms with Crippen molar-refractivity contribution in [1.82, 2.24) is 9.78 Å². The molecule has 0 aliphatic carbocycles. The molecule has 0 unspecified atom stereocenters. The highest BCUT2D eigenvalue weighted by molar-refractivity contribution is 7.80. The van der Waals surface area contributed by atoms with Crippen LogP contribution in [0.4, 0.5) is 15.1 Å². The molecular formula is C24H21FN4O2S2. The summed E-state index contributed by atoms with van der Waals surface area (Å²) in [5.74, 6) is -0.715. The van der Waals surface area contributed by atoms with Gasteiger partial charge in [0, 0.05) is 23.1 Å². The van der Waals surface area contributed by atoms with Crippen LogP contribution in [0, 0.1) is 5.82 Å². The van der Waals surface area contributed by atoms with Crippen molar-refractivity contribution in [3.8, 4) is 0 Å². The monoisotopic (exact) mass is 480 g/mol. The molecule has 0 radical (unpaired) electrons. The van der Waals surface area contributed by atoms with Crippen LogP contribution in [0.5, 0.6) is 0 Å². The molecule has 9 heteroatoms. The van der Waals surface area contributed by atoms with Gasteiger partial charge in [-0.3, -0.25) is 4.68 Å². The van der Waals surface area contributed by atoms with Crippen molar-refractivity contribution in [1.29, 1.82) is 0 Å². The standard InChI is InChI=1S/C24H21FN4O2S2/c1-31-23(30)20-12-19(11-16-7-3-2-4-8-16)33-22(20)28-24(32)27-18-13-26-29(15-18)14-17-9-5-6-10-21(17)25/h2-10,12-13,15H,11,14H2,1H3,(H2,27,28,32). The normalized spacial score (nSPS) is 10.6. The number of benzene rings is 2. The number of nitrogens with one attached hydrogen (secondary N) is 2. The van der Waals surface area contributed by atoms with Crippen LogP contribution in [0.3, 0.4) is 0 Å². The molecule has 0 aliphatic rings. The summed E-state index contributed by atoms with van der Waals surface area (Å²) in [5, 5.41) is 11.3. The Hall–Kier alpha value is -3.56. The zero-order chi connectivity index (χ0) is 23.2. The summed E-state index contributed by atoms with van der Waals surface area (Å²) < 4.78 is 20.4. The number of carbonyl (C=O) groups excluding carboxylic acids is 1. The maximum absolute atomic E-state index is 13.9. The lowest BCUT2D eigenvalue weighted by atomic mass is 10.1. The molecule has 0 amide bonds. The van der Waals surface area contributed by atoms with Gasteiger partial charge >= 0.3 is 5.97 Å². The van der Waals surface area contributed by atoms with E-state index in [1.54, 1.807) is 35.3 Å². The van der Waals surface area contributed by atoms with Gasteiger partial charge in [0.15, 0.2) is 5.11 Å². The summed E-state index contributed by atoms with van der Waals surface area (Å²) in [4.78, 5) is 13.3. The van der Waals surface area contributed by atoms with E-state index >= 15 is 0 Å². The highest BCUT2D eigenvalue weighted by atomic mass is 32.1. The fraction of sp³-hybridized carbons (Fsp3) is 0.125. The Kier molecular flexibility index (Phi) is 7.11. The van der Waals surface area contributed by atoms with Gasteiger partial charge in [0.05, 0.1) is 31.1 Å². The third kappa shape index (κ3) is 5.82. The highest BCUT2D eigenvalue weighted by Crippen LogP contribution is 2.30. The largest absolute Gasteiger partial charge is 0.465 e. The summed E-state index contributed by atoms with van der Waals surface area (Å²) in [6.45, 7) is 0.300. The first-order valence-corrected chi connectivity index (χ1v) is 11.3. The molecule has 2 aromatic heterocycles. The summed E-state index contributed by atoms with van der Waals surface area (Å²) in [6.07, 6.45) is 4.03. The molecule has 2 aromatic carbocycles. The minimum Gasteiger partial charge on any atom is -0.465 e. The van der Waals surface area contributed by atoms with E-state index < -0.39 is 5.97 Å². The average molecular weight is 481 g/mol. The van der Waals surface area contributed by atoms with Crippen molar-refractivity contribution in [2.24, 2.45) is 0 Å². The Morgan fingerprint density at radius 3 is 2.67 bits per heavy atom. The number of rotatable bonds is 7. The van der Waals surface area contributed by atoms with Gasteiger partial charge in [-0.15, -0.1) is 11.3 Å². The minimum absolute atomic E-state index is 0.279. The number of hydrogen-bond acceptors (Lipinski definition) is 5. The molecule has 0 atom stereocenters. The van der Waals surface area contributed by atoms with Crippen molar-refractivity contribution < 1.29 is 13.9 Å². The number of halogens is 1. The first-order chi connectivity index (χ1) is 16.0. The fourth-order valence-corrected chi connectivity index (χ4v) is 4.63. The smallest absolute Gasteiger partial charge is 0.340 e. The van der Waals surface area contributed by atoms with Gasteiger partial charge in [-0.25, -0.2) is 9.18 Å². The lowest BCUT2D eigenvalue weighted by Crippen LogP contribution is -2.19. The zero-order valence-corrected chi connectivity index (χ0v) is 19.4. The number of carbonyl (C=O) groups is 1.